The Balaban J connectivity index is 1.84. The molecule has 4 nitrogen and oxygen atoms in total. The fraction of sp³-hybridized carbons (Fsp3) is 0.733. The zero-order valence-corrected chi connectivity index (χ0v) is 12.5. The average molecular weight is 262 g/mol. The van der Waals surface area contributed by atoms with Gasteiger partial charge >= 0.3 is 0 Å². The first kappa shape index (κ1) is 14.3. The van der Waals surface area contributed by atoms with Crippen LogP contribution in [0.15, 0.2) is 12.4 Å². The van der Waals surface area contributed by atoms with E-state index in [1.54, 1.807) is 0 Å². The first-order valence-corrected chi connectivity index (χ1v) is 7.36. The van der Waals surface area contributed by atoms with E-state index in [9.17, 15) is 0 Å². The minimum absolute atomic E-state index is 0.849. The van der Waals surface area contributed by atoms with Gasteiger partial charge in [0, 0.05) is 25.5 Å². The molecule has 0 N–H and O–H groups in total. The summed E-state index contributed by atoms with van der Waals surface area (Å²) in [6.07, 6.45) is 8.74. The van der Waals surface area contributed by atoms with Crippen LogP contribution in [0.1, 0.15) is 31.7 Å². The summed E-state index contributed by atoms with van der Waals surface area (Å²) in [6, 6.07) is 0. The van der Waals surface area contributed by atoms with Gasteiger partial charge in [-0.3, -0.25) is 0 Å². The molecule has 1 aliphatic heterocycles. The summed E-state index contributed by atoms with van der Waals surface area (Å²) in [5, 5.41) is 0. The Bertz CT molecular complexity index is 366. The highest BCUT2D eigenvalue weighted by Crippen LogP contribution is 2.19. The van der Waals surface area contributed by atoms with Gasteiger partial charge in [-0.05, 0) is 57.8 Å². The maximum Gasteiger partial charge on any atom is 0.225 e. The van der Waals surface area contributed by atoms with Crippen LogP contribution < -0.4 is 4.90 Å². The summed E-state index contributed by atoms with van der Waals surface area (Å²) in [7, 11) is 4.22. The lowest BCUT2D eigenvalue weighted by Crippen LogP contribution is -2.34. The molecular weight excluding hydrogens is 236 g/mol. The highest BCUT2D eigenvalue weighted by atomic mass is 15.2. The monoisotopic (exact) mass is 262 g/mol. The standard InChI is InChI=1S/C15H26N4/c1-13-6-9-19(10-7-13)15-16-11-14(12-17-15)5-4-8-18(2)3/h11-13H,4-10H2,1-3H3. The van der Waals surface area contributed by atoms with Crippen molar-refractivity contribution in [1.29, 1.82) is 0 Å². The van der Waals surface area contributed by atoms with E-state index in [0.29, 0.717) is 0 Å². The number of hydrogen-bond donors (Lipinski definition) is 0. The second-order valence-electron chi connectivity index (χ2n) is 5.97. The molecule has 4 heteroatoms. The average Bonchev–Trinajstić information content (AvgIpc) is 2.40. The van der Waals surface area contributed by atoms with Gasteiger partial charge in [-0.1, -0.05) is 6.92 Å². The molecule has 0 radical (unpaired) electrons. The van der Waals surface area contributed by atoms with Gasteiger partial charge < -0.3 is 9.80 Å². The molecule has 0 bridgehead atoms. The first-order valence-electron chi connectivity index (χ1n) is 7.36. The van der Waals surface area contributed by atoms with Gasteiger partial charge in [0.15, 0.2) is 0 Å². The van der Waals surface area contributed by atoms with Crippen LogP contribution in [0.3, 0.4) is 0 Å². The molecule has 0 unspecified atom stereocenters. The third kappa shape index (κ3) is 4.46. The topological polar surface area (TPSA) is 32.3 Å². The molecule has 2 rings (SSSR count). The Morgan fingerprint density at radius 3 is 2.42 bits per heavy atom. The fourth-order valence-electron chi connectivity index (χ4n) is 2.45. The van der Waals surface area contributed by atoms with E-state index in [1.807, 2.05) is 12.4 Å². The minimum atomic E-state index is 0.849. The van der Waals surface area contributed by atoms with Crippen LogP contribution in [0.2, 0.25) is 0 Å². The van der Waals surface area contributed by atoms with Crippen molar-refractivity contribution in [3.05, 3.63) is 18.0 Å². The van der Waals surface area contributed by atoms with Crippen molar-refractivity contribution in [3.8, 4) is 0 Å². The molecular formula is C15H26N4. The van der Waals surface area contributed by atoms with Crippen LogP contribution in [-0.2, 0) is 6.42 Å². The highest BCUT2D eigenvalue weighted by molar-refractivity contribution is 5.30. The Kier molecular flexibility index (Phi) is 5.14. The van der Waals surface area contributed by atoms with E-state index >= 15 is 0 Å². The first-order chi connectivity index (χ1) is 9.15. The maximum atomic E-state index is 4.53. The molecule has 1 aromatic rings. The molecule has 1 saturated heterocycles. The molecule has 0 saturated carbocycles. The van der Waals surface area contributed by atoms with Crippen LogP contribution in [-0.4, -0.2) is 48.6 Å². The van der Waals surface area contributed by atoms with Crippen LogP contribution in [0.5, 0.6) is 0 Å². The van der Waals surface area contributed by atoms with Crippen LogP contribution in [0.4, 0.5) is 5.95 Å². The second kappa shape index (κ2) is 6.85. The Hall–Kier alpha value is -1.16. The molecule has 19 heavy (non-hydrogen) atoms. The van der Waals surface area contributed by atoms with Crippen molar-refractivity contribution in [1.82, 2.24) is 14.9 Å². The quantitative estimate of drug-likeness (QED) is 0.814. The highest BCUT2D eigenvalue weighted by Gasteiger charge is 2.17. The third-order valence-electron chi connectivity index (χ3n) is 3.83. The molecule has 0 spiro atoms. The second-order valence-corrected chi connectivity index (χ2v) is 5.97. The molecule has 1 aromatic heterocycles. The number of hydrogen-bond acceptors (Lipinski definition) is 4. The number of aryl methyl sites for hydroxylation is 1. The molecule has 106 valence electrons. The molecule has 1 aliphatic rings. The molecule has 0 atom stereocenters. The lowest BCUT2D eigenvalue weighted by molar-refractivity contribution is 0.400. The normalized spacial score (nSPS) is 17.2. The van der Waals surface area contributed by atoms with Crippen molar-refractivity contribution in [2.75, 3.05) is 38.6 Å². The molecule has 0 aliphatic carbocycles. The zero-order valence-electron chi connectivity index (χ0n) is 12.5. The maximum absolute atomic E-state index is 4.53. The van der Waals surface area contributed by atoms with Crippen molar-refractivity contribution >= 4 is 5.95 Å². The van der Waals surface area contributed by atoms with E-state index in [0.717, 1.165) is 44.3 Å². The summed E-state index contributed by atoms with van der Waals surface area (Å²) < 4.78 is 0. The zero-order chi connectivity index (χ0) is 13.7. The Labute approximate surface area is 116 Å². The van der Waals surface area contributed by atoms with E-state index in [4.69, 9.17) is 0 Å². The number of aromatic nitrogens is 2. The van der Waals surface area contributed by atoms with Gasteiger partial charge in [-0.25, -0.2) is 9.97 Å². The Morgan fingerprint density at radius 2 is 1.84 bits per heavy atom. The smallest absolute Gasteiger partial charge is 0.225 e. The largest absolute Gasteiger partial charge is 0.341 e. The number of piperidine rings is 1. The van der Waals surface area contributed by atoms with E-state index in [2.05, 4.69) is 40.8 Å². The summed E-state index contributed by atoms with van der Waals surface area (Å²) in [5.41, 5.74) is 1.25. The van der Waals surface area contributed by atoms with E-state index < -0.39 is 0 Å². The number of rotatable bonds is 5. The minimum Gasteiger partial charge on any atom is -0.341 e. The van der Waals surface area contributed by atoms with Crippen LogP contribution in [0.25, 0.3) is 0 Å². The van der Waals surface area contributed by atoms with Gasteiger partial charge in [0.2, 0.25) is 5.95 Å². The molecule has 1 fully saturated rings. The fourth-order valence-corrected chi connectivity index (χ4v) is 2.45. The van der Waals surface area contributed by atoms with Gasteiger partial charge in [0.25, 0.3) is 0 Å². The SMILES string of the molecule is CC1CCN(c2ncc(CCCN(C)C)cn2)CC1. The number of anilines is 1. The lowest BCUT2D eigenvalue weighted by Gasteiger charge is -2.30. The third-order valence-corrected chi connectivity index (χ3v) is 3.83. The van der Waals surface area contributed by atoms with Gasteiger partial charge in [0.05, 0.1) is 0 Å². The van der Waals surface area contributed by atoms with E-state index in [-0.39, 0.29) is 0 Å². The van der Waals surface area contributed by atoms with Gasteiger partial charge in [-0.15, -0.1) is 0 Å². The molecule has 0 amide bonds. The summed E-state index contributed by atoms with van der Waals surface area (Å²) in [5.74, 6) is 1.75. The molecule has 0 aromatic carbocycles. The van der Waals surface area contributed by atoms with Crippen molar-refractivity contribution < 1.29 is 0 Å². The van der Waals surface area contributed by atoms with Gasteiger partial charge in [0.1, 0.15) is 0 Å². The summed E-state index contributed by atoms with van der Waals surface area (Å²) in [4.78, 5) is 13.6. The molecule has 2 heterocycles. The van der Waals surface area contributed by atoms with Crippen molar-refractivity contribution in [2.24, 2.45) is 5.92 Å². The van der Waals surface area contributed by atoms with E-state index in [1.165, 1.54) is 18.4 Å². The summed E-state index contributed by atoms with van der Waals surface area (Å²) >= 11 is 0. The number of nitrogens with zero attached hydrogens (tertiary/aromatic N) is 4. The lowest BCUT2D eigenvalue weighted by atomic mass is 10.00. The predicted octanol–water partition coefficient (Wildman–Crippen LogP) is 2.21. The van der Waals surface area contributed by atoms with Crippen LogP contribution >= 0.6 is 0 Å². The van der Waals surface area contributed by atoms with Crippen molar-refractivity contribution in [3.63, 3.8) is 0 Å². The summed E-state index contributed by atoms with van der Waals surface area (Å²) in [6.45, 7) is 5.64. The predicted molar refractivity (Wildman–Crippen MR) is 79.5 cm³/mol. The van der Waals surface area contributed by atoms with Gasteiger partial charge in [-0.2, -0.15) is 0 Å². The van der Waals surface area contributed by atoms with Crippen molar-refractivity contribution in [2.45, 2.75) is 32.6 Å². The van der Waals surface area contributed by atoms with Crippen LogP contribution in [0, 0.1) is 5.92 Å². The Morgan fingerprint density at radius 1 is 1.21 bits per heavy atom.